The van der Waals surface area contributed by atoms with Crippen LogP contribution in [0, 0.1) is 5.92 Å². The summed E-state index contributed by atoms with van der Waals surface area (Å²) in [6, 6.07) is 9.58. The van der Waals surface area contributed by atoms with Crippen LogP contribution in [0.2, 0.25) is 0 Å². The van der Waals surface area contributed by atoms with E-state index in [0.717, 1.165) is 21.9 Å². The minimum absolute atomic E-state index is 0.0182. The Kier molecular flexibility index (Phi) is 4.63. The number of carbonyl (C=O) groups is 1. The minimum Gasteiger partial charge on any atom is -0.398 e. The van der Waals surface area contributed by atoms with Crippen molar-refractivity contribution < 1.29 is 4.79 Å². The quantitative estimate of drug-likeness (QED) is 0.788. The highest BCUT2D eigenvalue weighted by Crippen LogP contribution is 2.21. The van der Waals surface area contributed by atoms with E-state index in [1.165, 1.54) is 0 Å². The number of nitrogens with two attached hydrogens (primary N) is 1. The lowest BCUT2D eigenvalue weighted by Gasteiger charge is -2.10. The molecule has 0 saturated carbocycles. The third-order valence-corrected chi connectivity index (χ3v) is 3.82. The summed E-state index contributed by atoms with van der Waals surface area (Å²) in [6.07, 6.45) is 0. The second-order valence-corrected chi connectivity index (χ2v) is 5.88. The first-order valence-corrected chi connectivity index (χ1v) is 7.41. The molecule has 0 fully saturated rings. The fourth-order valence-corrected chi connectivity index (χ4v) is 2.41. The first-order chi connectivity index (χ1) is 9.56. The van der Waals surface area contributed by atoms with Gasteiger partial charge in [0.05, 0.1) is 6.54 Å². The van der Waals surface area contributed by atoms with Crippen molar-refractivity contribution in [1.82, 2.24) is 0 Å². The first kappa shape index (κ1) is 14.4. The molecule has 20 heavy (non-hydrogen) atoms. The molecule has 4 N–H and O–H groups in total. The zero-order valence-corrected chi connectivity index (χ0v) is 12.5. The van der Waals surface area contributed by atoms with E-state index < -0.39 is 0 Å². The minimum atomic E-state index is -0.0301. The van der Waals surface area contributed by atoms with E-state index in [4.69, 9.17) is 5.73 Å². The Morgan fingerprint density at radius 1 is 1.30 bits per heavy atom. The molecule has 0 unspecified atom stereocenters. The van der Waals surface area contributed by atoms with Gasteiger partial charge >= 0.3 is 0 Å². The molecule has 0 radical (unpaired) electrons. The molecule has 106 valence electrons. The Morgan fingerprint density at radius 2 is 2.05 bits per heavy atom. The number of benzene rings is 1. The van der Waals surface area contributed by atoms with E-state index in [1.807, 2.05) is 49.6 Å². The summed E-state index contributed by atoms with van der Waals surface area (Å²) in [5.41, 5.74) is 8.42. The Bertz CT molecular complexity index is 592. The molecule has 0 bridgehead atoms. The maximum Gasteiger partial charge on any atom is 0.226 e. The SMILES string of the molecule is CC(C)C(=O)Nc1cccc(NCc2sccc2N)c1. The molecular weight excluding hydrogens is 270 g/mol. The van der Waals surface area contributed by atoms with Crippen LogP contribution < -0.4 is 16.4 Å². The van der Waals surface area contributed by atoms with Crippen molar-refractivity contribution in [1.29, 1.82) is 0 Å². The lowest BCUT2D eigenvalue weighted by atomic mass is 10.2. The van der Waals surface area contributed by atoms with E-state index in [1.54, 1.807) is 11.3 Å². The molecule has 0 aliphatic carbocycles. The molecule has 2 rings (SSSR count). The van der Waals surface area contributed by atoms with Gasteiger partial charge in [-0.3, -0.25) is 4.79 Å². The summed E-state index contributed by atoms with van der Waals surface area (Å²) in [5.74, 6) is -0.0119. The molecule has 1 aromatic heterocycles. The van der Waals surface area contributed by atoms with Gasteiger partial charge in [0.1, 0.15) is 0 Å². The Balaban J connectivity index is 1.99. The third-order valence-electron chi connectivity index (χ3n) is 2.89. The number of thiophene rings is 1. The number of nitrogen functional groups attached to an aromatic ring is 1. The van der Waals surface area contributed by atoms with Crippen LogP contribution in [0.4, 0.5) is 17.1 Å². The summed E-state index contributed by atoms with van der Waals surface area (Å²) in [6.45, 7) is 4.43. The second kappa shape index (κ2) is 6.43. The number of anilines is 3. The fourth-order valence-electron chi connectivity index (χ4n) is 1.67. The highest BCUT2D eigenvalue weighted by Gasteiger charge is 2.07. The number of nitrogens with one attached hydrogen (secondary N) is 2. The predicted octanol–water partition coefficient (Wildman–Crippen LogP) is 3.54. The van der Waals surface area contributed by atoms with Crippen LogP contribution in [0.15, 0.2) is 35.7 Å². The normalized spacial score (nSPS) is 10.6. The van der Waals surface area contributed by atoms with Crippen molar-refractivity contribution in [2.45, 2.75) is 20.4 Å². The average molecular weight is 289 g/mol. The van der Waals surface area contributed by atoms with E-state index in [2.05, 4.69) is 10.6 Å². The molecule has 0 aliphatic heterocycles. The summed E-state index contributed by atoms with van der Waals surface area (Å²) >= 11 is 1.63. The Morgan fingerprint density at radius 3 is 2.70 bits per heavy atom. The number of hydrogen-bond acceptors (Lipinski definition) is 4. The Labute approximate surface area is 123 Å². The molecule has 1 aromatic carbocycles. The van der Waals surface area contributed by atoms with Crippen LogP contribution >= 0.6 is 11.3 Å². The van der Waals surface area contributed by atoms with Gasteiger partial charge in [-0.2, -0.15) is 0 Å². The molecular formula is C15H19N3OS. The highest BCUT2D eigenvalue weighted by atomic mass is 32.1. The van der Waals surface area contributed by atoms with Gasteiger partial charge in [-0.1, -0.05) is 19.9 Å². The Hall–Kier alpha value is -2.01. The van der Waals surface area contributed by atoms with Gasteiger partial charge in [0.15, 0.2) is 0 Å². The maximum atomic E-state index is 11.7. The topological polar surface area (TPSA) is 67.2 Å². The zero-order valence-electron chi connectivity index (χ0n) is 11.6. The second-order valence-electron chi connectivity index (χ2n) is 4.88. The monoisotopic (exact) mass is 289 g/mol. The van der Waals surface area contributed by atoms with Crippen LogP contribution in [0.5, 0.6) is 0 Å². The van der Waals surface area contributed by atoms with E-state index in [-0.39, 0.29) is 11.8 Å². The standard InChI is InChI=1S/C15H19N3OS/c1-10(2)15(19)18-12-5-3-4-11(8-12)17-9-14-13(16)6-7-20-14/h3-8,10,17H,9,16H2,1-2H3,(H,18,19). The summed E-state index contributed by atoms with van der Waals surface area (Å²) in [5, 5.41) is 8.17. The van der Waals surface area contributed by atoms with Crippen molar-refractivity contribution in [2.75, 3.05) is 16.4 Å². The molecule has 0 aliphatic rings. The average Bonchev–Trinajstić information content (AvgIpc) is 2.82. The smallest absolute Gasteiger partial charge is 0.226 e. The van der Waals surface area contributed by atoms with E-state index in [9.17, 15) is 4.79 Å². The van der Waals surface area contributed by atoms with Gasteiger partial charge in [-0.05, 0) is 29.6 Å². The van der Waals surface area contributed by atoms with Gasteiger partial charge in [0.2, 0.25) is 5.91 Å². The van der Waals surface area contributed by atoms with Gasteiger partial charge in [-0.25, -0.2) is 0 Å². The molecule has 0 atom stereocenters. The largest absolute Gasteiger partial charge is 0.398 e. The van der Waals surface area contributed by atoms with Crippen molar-refractivity contribution >= 4 is 34.3 Å². The first-order valence-electron chi connectivity index (χ1n) is 6.53. The van der Waals surface area contributed by atoms with Gasteiger partial charge in [-0.15, -0.1) is 11.3 Å². The van der Waals surface area contributed by atoms with Crippen LogP contribution in [-0.4, -0.2) is 5.91 Å². The van der Waals surface area contributed by atoms with Crippen LogP contribution in [0.25, 0.3) is 0 Å². The number of carbonyl (C=O) groups excluding carboxylic acids is 1. The van der Waals surface area contributed by atoms with Crippen LogP contribution in [-0.2, 0) is 11.3 Å². The van der Waals surface area contributed by atoms with Crippen molar-refractivity contribution in [3.63, 3.8) is 0 Å². The van der Waals surface area contributed by atoms with Gasteiger partial charge in [0, 0.05) is 27.9 Å². The number of hydrogen-bond donors (Lipinski definition) is 3. The molecule has 0 saturated heterocycles. The number of amides is 1. The van der Waals surface area contributed by atoms with Crippen molar-refractivity contribution in [3.05, 3.63) is 40.6 Å². The molecule has 1 heterocycles. The molecule has 4 nitrogen and oxygen atoms in total. The fraction of sp³-hybridized carbons (Fsp3) is 0.267. The number of rotatable bonds is 5. The maximum absolute atomic E-state index is 11.7. The summed E-state index contributed by atoms with van der Waals surface area (Å²) < 4.78 is 0. The third kappa shape index (κ3) is 3.74. The van der Waals surface area contributed by atoms with Crippen LogP contribution in [0.1, 0.15) is 18.7 Å². The van der Waals surface area contributed by atoms with E-state index >= 15 is 0 Å². The summed E-state index contributed by atoms with van der Waals surface area (Å²) in [7, 11) is 0. The highest BCUT2D eigenvalue weighted by molar-refractivity contribution is 7.10. The molecule has 0 spiro atoms. The van der Waals surface area contributed by atoms with Crippen molar-refractivity contribution in [2.24, 2.45) is 5.92 Å². The molecule has 2 aromatic rings. The zero-order chi connectivity index (χ0) is 14.5. The lowest BCUT2D eigenvalue weighted by molar-refractivity contribution is -0.118. The van der Waals surface area contributed by atoms with Crippen LogP contribution in [0.3, 0.4) is 0 Å². The van der Waals surface area contributed by atoms with Crippen molar-refractivity contribution in [3.8, 4) is 0 Å². The lowest BCUT2D eigenvalue weighted by Crippen LogP contribution is -2.17. The van der Waals surface area contributed by atoms with Gasteiger partial charge in [0.25, 0.3) is 0 Å². The molecule has 5 heteroatoms. The molecule has 1 amide bonds. The van der Waals surface area contributed by atoms with E-state index in [0.29, 0.717) is 6.54 Å². The summed E-state index contributed by atoms with van der Waals surface area (Å²) in [4.78, 5) is 12.8. The predicted molar refractivity (Wildman–Crippen MR) is 86.0 cm³/mol. The van der Waals surface area contributed by atoms with Gasteiger partial charge < -0.3 is 16.4 Å².